The first-order valence-electron chi connectivity index (χ1n) is 7.50. The maximum atomic E-state index is 4.29. The van der Waals surface area contributed by atoms with Gasteiger partial charge in [-0.2, -0.15) is 11.8 Å². The Balaban J connectivity index is 1.85. The van der Waals surface area contributed by atoms with Gasteiger partial charge in [0.25, 0.3) is 0 Å². The second kappa shape index (κ2) is 7.90. The summed E-state index contributed by atoms with van der Waals surface area (Å²) >= 11 is 1.98. The molecule has 4 nitrogen and oxygen atoms in total. The molecule has 1 N–H and O–H groups in total. The lowest BCUT2D eigenvalue weighted by molar-refractivity contribution is 0.342. The van der Waals surface area contributed by atoms with Crippen LogP contribution in [0.3, 0.4) is 0 Å². The summed E-state index contributed by atoms with van der Waals surface area (Å²) in [4.78, 5) is 0. The predicted octanol–water partition coefficient (Wildman–Crippen LogP) is 3.01. The fourth-order valence-electron chi connectivity index (χ4n) is 2.68. The van der Waals surface area contributed by atoms with Gasteiger partial charge in [0.05, 0.1) is 6.54 Å². The average molecular weight is 282 g/mol. The quantitative estimate of drug-likeness (QED) is 0.835. The van der Waals surface area contributed by atoms with Crippen molar-refractivity contribution in [2.24, 2.45) is 0 Å². The molecule has 0 saturated heterocycles. The molecule has 0 aromatic carbocycles. The van der Waals surface area contributed by atoms with Crippen LogP contribution in [0, 0.1) is 0 Å². The lowest BCUT2D eigenvalue weighted by atomic mass is 9.95. The molecular weight excluding hydrogens is 256 g/mol. The molecular formula is C14H26N4S. The van der Waals surface area contributed by atoms with E-state index >= 15 is 0 Å². The third-order valence-electron chi connectivity index (χ3n) is 3.80. The van der Waals surface area contributed by atoms with E-state index in [0.717, 1.165) is 18.1 Å². The van der Waals surface area contributed by atoms with Crippen LogP contribution in [0.25, 0.3) is 0 Å². The number of nitrogens with one attached hydrogen (secondary N) is 1. The van der Waals surface area contributed by atoms with Crippen molar-refractivity contribution in [1.82, 2.24) is 20.1 Å². The molecule has 0 amide bonds. The van der Waals surface area contributed by atoms with Gasteiger partial charge in [0.1, 0.15) is 12.2 Å². The van der Waals surface area contributed by atoms with Gasteiger partial charge >= 0.3 is 0 Å². The second-order valence-electron chi connectivity index (χ2n) is 5.39. The lowest BCUT2D eigenvalue weighted by Gasteiger charge is -2.24. The molecule has 19 heavy (non-hydrogen) atoms. The fraction of sp³-hybridized carbons (Fsp3) is 0.857. The highest BCUT2D eigenvalue weighted by atomic mass is 32.2. The molecule has 0 unspecified atom stereocenters. The molecule has 2 rings (SSSR count). The zero-order valence-corrected chi connectivity index (χ0v) is 13.0. The summed E-state index contributed by atoms with van der Waals surface area (Å²) < 4.78 is 2.30. The molecule has 0 radical (unpaired) electrons. The maximum absolute atomic E-state index is 4.29. The summed E-state index contributed by atoms with van der Waals surface area (Å²) in [7, 11) is 0. The van der Waals surface area contributed by atoms with Crippen LogP contribution in [-0.2, 0) is 6.54 Å². The van der Waals surface area contributed by atoms with Gasteiger partial charge in [-0.25, -0.2) is 0 Å². The van der Waals surface area contributed by atoms with Gasteiger partial charge in [-0.05, 0) is 25.5 Å². The second-order valence-corrected chi connectivity index (χ2v) is 6.71. The van der Waals surface area contributed by atoms with E-state index in [-0.39, 0.29) is 0 Å². The standard InChI is InChI=1S/C14H26N4S/c1-3-19-10-12(2)15-9-14-17-16-11-18(14)13-7-5-4-6-8-13/h11-13,15H,3-10H2,1-2H3/t12-/m1/s1. The van der Waals surface area contributed by atoms with Gasteiger partial charge < -0.3 is 9.88 Å². The third-order valence-corrected chi connectivity index (χ3v) is 4.94. The zero-order chi connectivity index (χ0) is 13.5. The summed E-state index contributed by atoms with van der Waals surface area (Å²) in [6.45, 7) is 5.28. The van der Waals surface area contributed by atoms with Gasteiger partial charge in [-0.1, -0.05) is 26.2 Å². The molecule has 1 aromatic heterocycles. The van der Waals surface area contributed by atoms with Gasteiger partial charge in [0.15, 0.2) is 0 Å². The van der Waals surface area contributed by atoms with E-state index in [1.807, 2.05) is 18.1 Å². The fourth-order valence-corrected chi connectivity index (χ4v) is 3.38. The van der Waals surface area contributed by atoms with E-state index in [1.54, 1.807) is 0 Å². The van der Waals surface area contributed by atoms with E-state index in [4.69, 9.17) is 0 Å². The molecule has 1 aromatic rings. The number of hydrogen-bond donors (Lipinski definition) is 1. The van der Waals surface area contributed by atoms with Gasteiger partial charge in [0, 0.05) is 17.8 Å². The number of rotatable bonds is 7. The van der Waals surface area contributed by atoms with Crippen molar-refractivity contribution in [2.45, 2.75) is 64.6 Å². The van der Waals surface area contributed by atoms with Crippen molar-refractivity contribution in [2.75, 3.05) is 11.5 Å². The summed E-state index contributed by atoms with van der Waals surface area (Å²) in [5.41, 5.74) is 0. The summed E-state index contributed by atoms with van der Waals surface area (Å²) in [5.74, 6) is 3.44. The van der Waals surface area contributed by atoms with Gasteiger partial charge in [-0.15, -0.1) is 10.2 Å². The SMILES string of the molecule is CCSC[C@@H](C)NCc1nncn1C1CCCCC1. The van der Waals surface area contributed by atoms with Crippen LogP contribution in [0.1, 0.15) is 57.8 Å². The maximum Gasteiger partial charge on any atom is 0.147 e. The van der Waals surface area contributed by atoms with E-state index in [0.29, 0.717) is 12.1 Å². The average Bonchev–Trinajstić information content (AvgIpc) is 2.92. The monoisotopic (exact) mass is 282 g/mol. The number of thioether (sulfide) groups is 1. The topological polar surface area (TPSA) is 42.7 Å². The number of aromatic nitrogens is 3. The van der Waals surface area contributed by atoms with Crippen LogP contribution in [0.15, 0.2) is 6.33 Å². The molecule has 1 heterocycles. The van der Waals surface area contributed by atoms with E-state index in [1.165, 1.54) is 37.9 Å². The van der Waals surface area contributed by atoms with E-state index in [9.17, 15) is 0 Å². The minimum atomic E-state index is 0.529. The van der Waals surface area contributed by atoms with Gasteiger partial charge in [0.2, 0.25) is 0 Å². The Kier molecular flexibility index (Phi) is 6.17. The van der Waals surface area contributed by atoms with Crippen LogP contribution >= 0.6 is 11.8 Å². The third kappa shape index (κ3) is 4.49. The smallest absolute Gasteiger partial charge is 0.147 e. The Hall–Kier alpha value is -0.550. The van der Waals surface area contributed by atoms with Crippen LogP contribution in [0.2, 0.25) is 0 Å². The first-order chi connectivity index (χ1) is 9.31. The molecule has 0 bridgehead atoms. The van der Waals surface area contributed by atoms with E-state index < -0.39 is 0 Å². The first kappa shape index (κ1) is 14.9. The molecule has 5 heteroatoms. The Bertz CT molecular complexity index is 360. The highest BCUT2D eigenvalue weighted by Crippen LogP contribution is 2.28. The highest BCUT2D eigenvalue weighted by Gasteiger charge is 2.18. The summed E-state index contributed by atoms with van der Waals surface area (Å²) in [6.07, 6.45) is 8.56. The van der Waals surface area contributed by atoms with E-state index in [2.05, 4.69) is 33.9 Å². The Morgan fingerprint density at radius 1 is 1.42 bits per heavy atom. The molecule has 0 spiro atoms. The van der Waals surface area contributed by atoms with Crippen LogP contribution in [-0.4, -0.2) is 32.3 Å². The van der Waals surface area contributed by atoms with Crippen molar-refractivity contribution in [1.29, 1.82) is 0 Å². The number of hydrogen-bond acceptors (Lipinski definition) is 4. The van der Waals surface area contributed by atoms with Crippen molar-refractivity contribution in [3.05, 3.63) is 12.2 Å². The molecule has 1 aliphatic rings. The number of nitrogens with zero attached hydrogens (tertiary/aromatic N) is 3. The summed E-state index contributed by atoms with van der Waals surface area (Å²) in [6, 6.07) is 1.15. The predicted molar refractivity (Wildman–Crippen MR) is 81.4 cm³/mol. The minimum absolute atomic E-state index is 0.529. The summed E-state index contributed by atoms with van der Waals surface area (Å²) in [5, 5.41) is 11.9. The Labute approximate surface area is 120 Å². The zero-order valence-electron chi connectivity index (χ0n) is 12.1. The Morgan fingerprint density at radius 2 is 2.21 bits per heavy atom. The largest absolute Gasteiger partial charge is 0.313 e. The molecule has 1 fully saturated rings. The molecule has 108 valence electrons. The van der Waals surface area contributed by atoms with Crippen LogP contribution in [0.4, 0.5) is 0 Å². The highest BCUT2D eigenvalue weighted by molar-refractivity contribution is 7.99. The van der Waals surface area contributed by atoms with Gasteiger partial charge in [-0.3, -0.25) is 0 Å². The van der Waals surface area contributed by atoms with Crippen molar-refractivity contribution in [3.8, 4) is 0 Å². The van der Waals surface area contributed by atoms with Crippen molar-refractivity contribution >= 4 is 11.8 Å². The molecule has 1 saturated carbocycles. The first-order valence-corrected chi connectivity index (χ1v) is 8.66. The normalized spacial score (nSPS) is 18.6. The lowest BCUT2D eigenvalue weighted by Crippen LogP contribution is -2.29. The van der Waals surface area contributed by atoms with Crippen LogP contribution < -0.4 is 5.32 Å². The van der Waals surface area contributed by atoms with Crippen molar-refractivity contribution in [3.63, 3.8) is 0 Å². The molecule has 1 atom stereocenters. The molecule has 1 aliphatic carbocycles. The van der Waals surface area contributed by atoms with Crippen molar-refractivity contribution < 1.29 is 0 Å². The Morgan fingerprint density at radius 3 is 2.95 bits per heavy atom. The van der Waals surface area contributed by atoms with Crippen LogP contribution in [0.5, 0.6) is 0 Å². The molecule has 0 aliphatic heterocycles. The minimum Gasteiger partial charge on any atom is -0.313 e.